The lowest BCUT2D eigenvalue weighted by molar-refractivity contribution is 0.201. The van der Waals surface area contributed by atoms with Gasteiger partial charge < -0.3 is 5.11 Å². The van der Waals surface area contributed by atoms with E-state index in [0.29, 0.717) is 24.4 Å². The van der Waals surface area contributed by atoms with Crippen LogP contribution in [-0.4, -0.2) is 53.0 Å². The molecule has 11 heteroatoms. The topological polar surface area (TPSA) is 121 Å². The van der Waals surface area contributed by atoms with E-state index in [-0.39, 0.29) is 11.8 Å². The van der Waals surface area contributed by atoms with Gasteiger partial charge in [0, 0.05) is 23.6 Å². The Morgan fingerprint density at radius 1 is 1.48 bits per heavy atom. The van der Waals surface area contributed by atoms with Crippen molar-refractivity contribution < 1.29 is 9.90 Å². The number of aromatic nitrogens is 6. The van der Waals surface area contributed by atoms with Gasteiger partial charge in [-0.05, 0) is 24.0 Å². The zero-order chi connectivity index (χ0) is 16.2. The quantitative estimate of drug-likeness (QED) is 0.577. The Morgan fingerprint density at radius 2 is 2.35 bits per heavy atom. The summed E-state index contributed by atoms with van der Waals surface area (Å²) >= 11 is 5.74. The lowest BCUT2D eigenvalue weighted by atomic mass is 10.2. The van der Waals surface area contributed by atoms with Crippen molar-refractivity contribution in [2.45, 2.75) is 18.1 Å². The van der Waals surface area contributed by atoms with Crippen LogP contribution in [0, 0.1) is 0 Å². The Kier molecular flexibility index (Phi) is 4.67. The number of hydrogen-bond acceptors (Lipinski definition) is 8. The van der Waals surface area contributed by atoms with Crippen molar-refractivity contribution in [3.63, 3.8) is 0 Å². The fraction of sp³-hybridized carbons (Fsp3) is 0.333. The van der Waals surface area contributed by atoms with Gasteiger partial charge in [0.15, 0.2) is 5.82 Å². The minimum absolute atomic E-state index is 0.166. The van der Waals surface area contributed by atoms with Crippen molar-refractivity contribution >= 4 is 46.2 Å². The molecule has 0 aliphatic heterocycles. The molecular weight excluding hydrogens is 338 g/mol. The van der Waals surface area contributed by atoms with Crippen LogP contribution in [0.3, 0.4) is 0 Å². The number of H-pyrrole nitrogens is 1. The highest BCUT2D eigenvalue weighted by atomic mass is 32.1. The van der Waals surface area contributed by atoms with Crippen LogP contribution in [-0.2, 0) is 6.42 Å². The molecular formula is C12H13N7O2S2. The molecule has 0 radical (unpaired) electrons. The van der Waals surface area contributed by atoms with Gasteiger partial charge in [0.2, 0.25) is 0 Å². The number of rotatable bonds is 6. The smallest absolute Gasteiger partial charge is 0.411 e. The molecule has 0 saturated heterocycles. The van der Waals surface area contributed by atoms with E-state index >= 15 is 0 Å². The van der Waals surface area contributed by atoms with Crippen molar-refractivity contribution in [2.24, 2.45) is 0 Å². The Labute approximate surface area is 140 Å². The maximum atomic E-state index is 11.6. The number of nitrogens with one attached hydrogen (secondary N) is 1. The number of aromatic amines is 1. The lowest BCUT2D eigenvalue weighted by Crippen LogP contribution is -2.35. The van der Waals surface area contributed by atoms with Crippen LogP contribution in [0.5, 0.6) is 0 Å². The second-order valence-corrected chi connectivity index (χ2v) is 6.34. The summed E-state index contributed by atoms with van der Waals surface area (Å²) in [7, 11) is 0. The Hall–Kier alpha value is -2.27. The van der Waals surface area contributed by atoms with Crippen LogP contribution in [0.2, 0.25) is 0 Å². The first-order valence-corrected chi connectivity index (χ1v) is 8.04. The molecule has 120 valence electrons. The van der Waals surface area contributed by atoms with Crippen LogP contribution in [0.1, 0.15) is 12.2 Å². The fourth-order valence-electron chi connectivity index (χ4n) is 2.09. The van der Waals surface area contributed by atoms with Crippen molar-refractivity contribution in [3.8, 4) is 0 Å². The number of thiol groups is 1. The highest BCUT2D eigenvalue weighted by Gasteiger charge is 2.19. The predicted molar refractivity (Wildman–Crippen MR) is 88.1 cm³/mol. The zero-order valence-corrected chi connectivity index (χ0v) is 13.5. The second-order valence-electron chi connectivity index (χ2n) is 4.83. The number of carboxylic acid groups (broad SMARTS) is 1. The molecule has 3 rings (SSSR count). The molecule has 0 bridgehead atoms. The van der Waals surface area contributed by atoms with E-state index < -0.39 is 6.09 Å². The van der Waals surface area contributed by atoms with Gasteiger partial charge in [-0.15, -0.1) is 10.2 Å². The van der Waals surface area contributed by atoms with Gasteiger partial charge in [-0.3, -0.25) is 4.90 Å². The third-order valence-electron chi connectivity index (χ3n) is 3.22. The average Bonchev–Trinajstić information content (AvgIpc) is 3.20. The molecule has 1 amide bonds. The molecule has 2 N–H and O–H groups in total. The van der Waals surface area contributed by atoms with E-state index in [2.05, 4.69) is 42.6 Å². The summed E-state index contributed by atoms with van der Waals surface area (Å²) in [4.78, 5) is 17.8. The monoisotopic (exact) mass is 351 g/mol. The lowest BCUT2D eigenvalue weighted by Gasteiger charge is -2.22. The molecule has 0 aliphatic rings. The highest BCUT2D eigenvalue weighted by Crippen LogP contribution is 2.23. The number of aryl methyl sites for hydroxylation is 1. The molecule has 9 nitrogen and oxygen atoms in total. The van der Waals surface area contributed by atoms with Crippen molar-refractivity contribution in [3.05, 3.63) is 24.3 Å². The van der Waals surface area contributed by atoms with Gasteiger partial charge in [0.25, 0.3) is 0 Å². The first-order valence-electron chi connectivity index (χ1n) is 6.75. The fourth-order valence-corrected chi connectivity index (χ4v) is 2.96. The standard InChI is InChI=1S/C12H13N7O2S2/c20-12(21)19(6-9(22)1-2-10-15-17-18-16-10)8-3-7-4-14-23-11(7)13-5-8/h3-5,9,22H,1-2,6H2,(H,20,21)(H,15,16,17,18). The normalized spacial score (nSPS) is 12.4. The summed E-state index contributed by atoms with van der Waals surface area (Å²) in [6.45, 7) is 0.237. The van der Waals surface area contributed by atoms with Gasteiger partial charge in [-0.2, -0.15) is 22.2 Å². The van der Waals surface area contributed by atoms with E-state index in [1.165, 1.54) is 22.6 Å². The summed E-state index contributed by atoms with van der Waals surface area (Å²) in [5.74, 6) is 0.582. The average molecular weight is 351 g/mol. The van der Waals surface area contributed by atoms with E-state index in [9.17, 15) is 9.90 Å². The van der Waals surface area contributed by atoms with E-state index in [1.54, 1.807) is 12.3 Å². The number of pyridine rings is 1. The van der Waals surface area contributed by atoms with Crippen LogP contribution < -0.4 is 4.90 Å². The summed E-state index contributed by atoms with van der Waals surface area (Å²) in [6.07, 6.45) is 3.36. The third-order valence-corrected chi connectivity index (χ3v) is 4.37. The number of tetrazole rings is 1. The second kappa shape index (κ2) is 6.87. The number of hydrogen-bond donors (Lipinski definition) is 3. The van der Waals surface area contributed by atoms with Crippen molar-refractivity contribution in [1.82, 2.24) is 30.0 Å². The van der Waals surface area contributed by atoms with Crippen LogP contribution in [0.15, 0.2) is 18.5 Å². The first kappa shape index (κ1) is 15.6. The van der Waals surface area contributed by atoms with Gasteiger partial charge in [-0.25, -0.2) is 9.78 Å². The zero-order valence-electron chi connectivity index (χ0n) is 11.8. The maximum Gasteiger partial charge on any atom is 0.411 e. The Bertz CT molecular complexity index is 792. The first-order chi connectivity index (χ1) is 11.1. The summed E-state index contributed by atoms with van der Waals surface area (Å²) < 4.78 is 4.04. The largest absolute Gasteiger partial charge is 0.465 e. The Balaban J connectivity index is 1.69. The van der Waals surface area contributed by atoms with Crippen molar-refractivity contribution in [1.29, 1.82) is 0 Å². The third kappa shape index (κ3) is 3.74. The van der Waals surface area contributed by atoms with Gasteiger partial charge in [0.05, 0.1) is 18.1 Å². The number of nitrogens with zero attached hydrogens (tertiary/aromatic N) is 6. The van der Waals surface area contributed by atoms with Gasteiger partial charge >= 0.3 is 6.09 Å². The van der Waals surface area contributed by atoms with E-state index in [4.69, 9.17) is 0 Å². The van der Waals surface area contributed by atoms with Gasteiger partial charge in [0.1, 0.15) is 4.83 Å². The van der Waals surface area contributed by atoms with E-state index in [0.717, 1.165) is 10.2 Å². The highest BCUT2D eigenvalue weighted by molar-refractivity contribution is 7.81. The molecule has 0 saturated carbocycles. The maximum absolute atomic E-state index is 11.6. The minimum atomic E-state index is -1.05. The summed E-state index contributed by atoms with van der Waals surface area (Å²) in [6, 6.07) is 1.76. The molecule has 23 heavy (non-hydrogen) atoms. The molecule has 0 spiro atoms. The van der Waals surface area contributed by atoms with Crippen LogP contribution >= 0.6 is 24.2 Å². The van der Waals surface area contributed by atoms with E-state index in [1.807, 2.05) is 0 Å². The molecule has 3 aromatic rings. The molecule has 0 aromatic carbocycles. The number of amides is 1. The molecule has 0 aliphatic carbocycles. The predicted octanol–water partition coefficient (Wildman–Crippen LogP) is 1.62. The number of carbonyl (C=O) groups is 1. The van der Waals surface area contributed by atoms with Crippen LogP contribution in [0.4, 0.5) is 10.5 Å². The number of anilines is 1. The van der Waals surface area contributed by atoms with Crippen LogP contribution in [0.25, 0.3) is 10.2 Å². The van der Waals surface area contributed by atoms with Gasteiger partial charge in [-0.1, -0.05) is 5.21 Å². The number of fused-ring (bicyclic) bond motifs is 1. The summed E-state index contributed by atoms with van der Waals surface area (Å²) in [5.41, 5.74) is 0.504. The Morgan fingerprint density at radius 3 is 3.09 bits per heavy atom. The van der Waals surface area contributed by atoms with Crippen molar-refractivity contribution in [2.75, 3.05) is 11.4 Å². The molecule has 0 fully saturated rings. The molecule has 3 heterocycles. The summed E-state index contributed by atoms with van der Waals surface area (Å²) in [5, 5.41) is 23.7. The molecule has 3 aromatic heterocycles. The molecule has 1 atom stereocenters. The minimum Gasteiger partial charge on any atom is -0.465 e. The SMILES string of the molecule is O=C(O)N(CC(S)CCc1nn[nH]n1)c1cnc2sncc2c1. The molecule has 1 unspecified atom stereocenters.